The summed E-state index contributed by atoms with van der Waals surface area (Å²) in [7, 11) is 0. The third-order valence-corrected chi connectivity index (χ3v) is 3.50. The molecule has 0 saturated heterocycles. The number of carbonyl (C=O) groups excluding carboxylic acids is 1. The molecule has 2 aromatic rings. The molecular weight excluding hydrogens is 313 g/mol. The van der Waals surface area contributed by atoms with Crippen molar-refractivity contribution >= 4 is 29.1 Å². The summed E-state index contributed by atoms with van der Waals surface area (Å²) in [5.74, 6) is -0.219. The van der Waals surface area contributed by atoms with Crippen molar-refractivity contribution in [3.05, 3.63) is 46.0 Å². The van der Waals surface area contributed by atoms with E-state index in [-0.39, 0.29) is 24.3 Å². The van der Waals surface area contributed by atoms with Crippen molar-refractivity contribution in [3.8, 4) is 6.07 Å². The number of nitrogens with zero attached hydrogens (tertiary/aromatic N) is 4. The van der Waals surface area contributed by atoms with Gasteiger partial charge in [0.25, 0.3) is 5.82 Å². The zero-order valence-electron chi connectivity index (χ0n) is 11.0. The lowest BCUT2D eigenvalue weighted by molar-refractivity contribution is -0.122. The average molecular weight is 324 g/mol. The zero-order valence-corrected chi connectivity index (χ0v) is 12.6. The highest BCUT2D eigenvalue weighted by Gasteiger charge is 2.12. The highest BCUT2D eigenvalue weighted by atomic mass is 35.5. The molecule has 1 aromatic heterocycles. The molecule has 0 saturated carbocycles. The van der Waals surface area contributed by atoms with Crippen molar-refractivity contribution in [2.75, 3.05) is 0 Å². The minimum absolute atomic E-state index is 0.0135. The molecule has 0 spiro atoms. The van der Waals surface area contributed by atoms with E-state index in [0.717, 1.165) is 5.56 Å². The molecule has 21 heavy (non-hydrogen) atoms. The molecule has 1 heterocycles. The molecule has 0 aliphatic rings. The standard InChI is InChI=1S/C13H11Cl2N5O/c1-8(9-2-3-10(14)11(15)4-9)18-13(21)6-20-7-17-12(5-16)19-20/h2-4,7-8H,6H2,1H3,(H,18,21). The molecule has 6 nitrogen and oxygen atoms in total. The normalized spacial score (nSPS) is 11.7. The molecule has 108 valence electrons. The Morgan fingerprint density at radius 3 is 2.86 bits per heavy atom. The smallest absolute Gasteiger partial charge is 0.252 e. The third kappa shape index (κ3) is 3.94. The van der Waals surface area contributed by atoms with Crippen LogP contribution < -0.4 is 5.32 Å². The van der Waals surface area contributed by atoms with Crippen molar-refractivity contribution in [2.24, 2.45) is 0 Å². The van der Waals surface area contributed by atoms with Crippen LogP contribution in [0.25, 0.3) is 0 Å². The van der Waals surface area contributed by atoms with Crippen LogP contribution in [0.4, 0.5) is 0 Å². The second-order valence-corrected chi connectivity index (χ2v) is 5.15. The third-order valence-electron chi connectivity index (χ3n) is 2.76. The summed E-state index contributed by atoms with van der Waals surface area (Å²) in [5.41, 5.74) is 0.842. The van der Waals surface area contributed by atoms with Gasteiger partial charge < -0.3 is 5.32 Å². The number of nitrogens with one attached hydrogen (secondary N) is 1. The summed E-state index contributed by atoms with van der Waals surface area (Å²) in [6.07, 6.45) is 1.34. The molecule has 0 fully saturated rings. The van der Waals surface area contributed by atoms with Crippen molar-refractivity contribution in [1.29, 1.82) is 5.26 Å². The first-order valence-corrected chi connectivity index (χ1v) is 6.79. The molecular formula is C13H11Cl2N5O. The van der Waals surface area contributed by atoms with E-state index < -0.39 is 0 Å². The molecule has 1 N–H and O–H groups in total. The summed E-state index contributed by atoms with van der Waals surface area (Å²) in [6, 6.07) is 6.75. The topological polar surface area (TPSA) is 83.6 Å². The molecule has 0 bridgehead atoms. The summed E-state index contributed by atoms with van der Waals surface area (Å²) in [5, 5.41) is 16.1. The maximum Gasteiger partial charge on any atom is 0.252 e. The Kier molecular flexibility index (Phi) is 4.78. The number of amides is 1. The number of aromatic nitrogens is 3. The molecule has 0 radical (unpaired) electrons. The second kappa shape index (κ2) is 6.57. The fraction of sp³-hybridized carbons (Fsp3) is 0.231. The lowest BCUT2D eigenvalue weighted by Crippen LogP contribution is -2.30. The lowest BCUT2D eigenvalue weighted by atomic mass is 10.1. The van der Waals surface area contributed by atoms with Crippen LogP contribution in [0.5, 0.6) is 0 Å². The first kappa shape index (κ1) is 15.3. The number of carbonyl (C=O) groups is 1. The van der Waals surface area contributed by atoms with Gasteiger partial charge in [-0.15, -0.1) is 5.10 Å². The monoisotopic (exact) mass is 323 g/mol. The van der Waals surface area contributed by atoms with E-state index in [9.17, 15) is 4.79 Å². The van der Waals surface area contributed by atoms with Gasteiger partial charge in [0, 0.05) is 0 Å². The predicted octanol–water partition coefficient (Wildman–Crippen LogP) is 2.33. The molecule has 2 rings (SSSR count). The van der Waals surface area contributed by atoms with E-state index in [2.05, 4.69) is 15.4 Å². The van der Waals surface area contributed by atoms with E-state index in [1.165, 1.54) is 11.0 Å². The van der Waals surface area contributed by atoms with Crippen LogP contribution in [0, 0.1) is 11.3 Å². The summed E-state index contributed by atoms with van der Waals surface area (Å²) in [6.45, 7) is 1.82. The van der Waals surface area contributed by atoms with Crippen LogP contribution in [-0.4, -0.2) is 20.7 Å². The van der Waals surface area contributed by atoms with Gasteiger partial charge in [-0.25, -0.2) is 9.67 Å². The number of hydrogen-bond acceptors (Lipinski definition) is 4. The molecule has 1 aromatic carbocycles. The van der Waals surface area contributed by atoms with Crippen LogP contribution in [0.3, 0.4) is 0 Å². The number of nitriles is 1. The first-order valence-electron chi connectivity index (χ1n) is 6.03. The average Bonchev–Trinajstić information content (AvgIpc) is 2.89. The van der Waals surface area contributed by atoms with Crippen LogP contribution in [0.2, 0.25) is 10.0 Å². The van der Waals surface area contributed by atoms with E-state index in [1.54, 1.807) is 24.3 Å². The molecule has 1 atom stereocenters. The molecule has 8 heteroatoms. The fourth-order valence-electron chi connectivity index (χ4n) is 1.72. The second-order valence-electron chi connectivity index (χ2n) is 4.34. The Morgan fingerprint density at radius 1 is 1.48 bits per heavy atom. The number of benzene rings is 1. The highest BCUT2D eigenvalue weighted by molar-refractivity contribution is 6.42. The minimum Gasteiger partial charge on any atom is -0.348 e. The van der Waals surface area contributed by atoms with Crippen molar-refractivity contribution in [3.63, 3.8) is 0 Å². The molecule has 1 amide bonds. The SMILES string of the molecule is CC(NC(=O)Cn1cnc(C#N)n1)c1ccc(Cl)c(Cl)c1. The quantitative estimate of drug-likeness (QED) is 0.935. The van der Waals surface area contributed by atoms with Crippen LogP contribution in [0.15, 0.2) is 24.5 Å². The summed E-state index contributed by atoms with van der Waals surface area (Å²) < 4.78 is 1.30. The van der Waals surface area contributed by atoms with Crippen LogP contribution in [0.1, 0.15) is 24.4 Å². The van der Waals surface area contributed by atoms with Gasteiger partial charge in [-0.05, 0) is 24.6 Å². The summed E-state index contributed by atoms with van der Waals surface area (Å²) in [4.78, 5) is 15.6. The Labute approximate surface area is 131 Å². The highest BCUT2D eigenvalue weighted by Crippen LogP contribution is 2.25. The van der Waals surface area contributed by atoms with Gasteiger partial charge in [-0.1, -0.05) is 29.3 Å². The Bertz CT molecular complexity index is 707. The molecule has 0 aliphatic heterocycles. The van der Waals surface area contributed by atoms with E-state index in [0.29, 0.717) is 10.0 Å². The van der Waals surface area contributed by atoms with Gasteiger partial charge in [0.05, 0.1) is 16.1 Å². The molecule has 1 unspecified atom stereocenters. The van der Waals surface area contributed by atoms with Crippen molar-refractivity contribution in [2.45, 2.75) is 19.5 Å². The molecule has 0 aliphatic carbocycles. The van der Waals surface area contributed by atoms with Crippen molar-refractivity contribution in [1.82, 2.24) is 20.1 Å². The van der Waals surface area contributed by atoms with E-state index in [1.807, 2.05) is 6.92 Å². The van der Waals surface area contributed by atoms with Gasteiger partial charge in [-0.2, -0.15) is 5.26 Å². The predicted molar refractivity (Wildman–Crippen MR) is 77.8 cm³/mol. The van der Waals surface area contributed by atoms with E-state index >= 15 is 0 Å². The van der Waals surface area contributed by atoms with Gasteiger partial charge in [0.1, 0.15) is 18.9 Å². The number of halogens is 2. The maximum atomic E-state index is 11.9. The van der Waals surface area contributed by atoms with Crippen molar-refractivity contribution < 1.29 is 4.79 Å². The zero-order chi connectivity index (χ0) is 15.4. The largest absolute Gasteiger partial charge is 0.348 e. The van der Waals surface area contributed by atoms with Crippen LogP contribution >= 0.6 is 23.2 Å². The Hall–Kier alpha value is -2.10. The first-order chi connectivity index (χ1) is 9.99. The summed E-state index contributed by atoms with van der Waals surface area (Å²) >= 11 is 11.8. The van der Waals surface area contributed by atoms with Crippen LogP contribution in [-0.2, 0) is 11.3 Å². The fourth-order valence-corrected chi connectivity index (χ4v) is 2.03. The van der Waals surface area contributed by atoms with Gasteiger partial charge in [0.2, 0.25) is 5.91 Å². The number of hydrogen-bond donors (Lipinski definition) is 1. The minimum atomic E-state index is -0.247. The van der Waals surface area contributed by atoms with E-state index in [4.69, 9.17) is 28.5 Å². The Morgan fingerprint density at radius 2 is 2.24 bits per heavy atom. The van der Waals surface area contributed by atoms with Gasteiger partial charge in [0.15, 0.2) is 0 Å². The number of rotatable bonds is 4. The maximum absolute atomic E-state index is 11.9. The Balaban J connectivity index is 1.98. The van der Waals surface area contributed by atoms with Gasteiger partial charge in [-0.3, -0.25) is 4.79 Å². The lowest BCUT2D eigenvalue weighted by Gasteiger charge is -2.15. The van der Waals surface area contributed by atoms with Gasteiger partial charge >= 0.3 is 0 Å².